The van der Waals surface area contributed by atoms with Crippen LogP contribution in [0.4, 0.5) is 8.78 Å². The number of benzene rings is 2. The SMILES string of the molecule is Cc1cc(C)cc(OCC(N)c2ccc(F)c(F)c2)c1. The van der Waals surface area contributed by atoms with Crippen LogP contribution in [0.15, 0.2) is 36.4 Å². The molecule has 0 bridgehead atoms. The van der Waals surface area contributed by atoms with Gasteiger partial charge in [-0.3, -0.25) is 0 Å². The first kappa shape index (κ1) is 14.5. The second-order valence-electron chi connectivity index (χ2n) is 4.91. The Kier molecular flexibility index (Phi) is 4.35. The van der Waals surface area contributed by atoms with Crippen molar-refractivity contribution in [1.82, 2.24) is 0 Å². The molecule has 0 spiro atoms. The molecule has 1 atom stereocenters. The fourth-order valence-electron chi connectivity index (χ4n) is 2.04. The molecule has 2 rings (SSSR count). The summed E-state index contributed by atoms with van der Waals surface area (Å²) in [4.78, 5) is 0. The molecule has 2 nitrogen and oxygen atoms in total. The van der Waals surface area contributed by atoms with Crippen LogP contribution in [-0.2, 0) is 0 Å². The summed E-state index contributed by atoms with van der Waals surface area (Å²) in [5, 5.41) is 0. The van der Waals surface area contributed by atoms with Crippen molar-refractivity contribution in [3.05, 3.63) is 64.7 Å². The van der Waals surface area contributed by atoms with Gasteiger partial charge >= 0.3 is 0 Å². The lowest BCUT2D eigenvalue weighted by atomic mass is 10.1. The average Bonchev–Trinajstić information content (AvgIpc) is 2.38. The Morgan fingerprint density at radius 1 is 1.00 bits per heavy atom. The lowest BCUT2D eigenvalue weighted by Gasteiger charge is -2.14. The Hall–Kier alpha value is -1.94. The van der Waals surface area contributed by atoms with Gasteiger partial charge in [-0.15, -0.1) is 0 Å². The molecule has 0 saturated carbocycles. The lowest BCUT2D eigenvalue weighted by molar-refractivity contribution is 0.290. The van der Waals surface area contributed by atoms with Gasteiger partial charge in [0.25, 0.3) is 0 Å². The van der Waals surface area contributed by atoms with Crippen LogP contribution in [-0.4, -0.2) is 6.61 Å². The summed E-state index contributed by atoms with van der Waals surface area (Å²) in [5.41, 5.74) is 8.63. The van der Waals surface area contributed by atoms with Gasteiger partial charge < -0.3 is 10.5 Å². The molecule has 0 heterocycles. The minimum absolute atomic E-state index is 0.202. The molecule has 0 fully saturated rings. The van der Waals surface area contributed by atoms with Crippen LogP contribution in [0.2, 0.25) is 0 Å². The van der Waals surface area contributed by atoms with Crippen LogP contribution in [0.25, 0.3) is 0 Å². The normalized spacial score (nSPS) is 12.2. The first-order chi connectivity index (χ1) is 9.45. The maximum atomic E-state index is 13.1. The molecule has 0 radical (unpaired) electrons. The number of ether oxygens (including phenoxy) is 1. The molecule has 0 aromatic heterocycles. The van der Waals surface area contributed by atoms with Gasteiger partial charge in [-0.25, -0.2) is 8.78 Å². The number of halogens is 2. The van der Waals surface area contributed by atoms with Gasteiger partial charge in [0.1, 0.15) is 12.4 Å². The van der Waals surface area contributed by atoms with E-state index in [1.165, 1.54) is 6.07 Å². The largest absolute Gasteiger partial charge is 0.492 e. The van der Waals surface area contributed by atoms with Crippen LogP contribution in [0.3, 0.4) is 0 Å². The van der Waals surface area contributed by atoms with Gasteiger partial charge in [0.15, 0.2) is 11.6 Å². The first-order valence-corrected chi connectivity index (χ1v) is 6.37. The fourth-order valence-corrected chi connectivity index (χ4v) is 2.04. The summed E-state index contributed by atoms with van der Waals surface area (Å²) in [6.07, 6.45) is 0. The predicted octanol–water partition coefficient (Wildman–Crippen LogP) is 3.66. The van der Waals surface area contributed by atoms with Crippen molar-refractivity contribution >= 4 is 0 Å². The molecule has 0 aliphatic carbocycles. The van der Waals surface area contributed by atoms with Gasteiger partial charge in [-0.05, 0) is 54.8 Å². The van der Waals surface area contributed by atoms with E-state index in [0.717, 1.165) is 29.0 Å². The molecule has 0 aliphatic rings. The third-order valence-corrected chi connectivity index (χ3v) is 3.00. The van der Waals surface area contributed by atoms with Crippen LogP contribution in [0.5, 0.6) is 5.75 Å². The summed E-state index contributed by atoms with van der Waals surface area (Å²) in [7, 11) is 0. The zero-order valence-electron chi connectivity index (χ0n) is 11.5. The van der Waals surface area contributed by atoms with Gasteiger partial charge in [0.05, 0.1) is 6.04 Å². The highest BCUT2D eigenvalue weighted by molar-refractivity contribution is 5.33. The Morgan fingerprint density at radius 3 is 2.25 bits per heavy atom. The molecule has 0 amide bonds. The van der Waals surface area contributed by atoms with E-state index in [9.17, 15) is 8.78 Å². The molecule has 0 saturated heterocycles. The maximum absolute atomic E-state index is 13.1. The number of hydrogen-bond donors (Lipinski definition) is 1. The third-order valence-electron chi connectivity index (χ3n) is 3.00. The van der Waals surface area contributed by atoms with Crippen molar-refractivity contribution in [1.29, 1.82) is 0 Å². The summed E-state index contributed by atoms with van der Waals surface area (Å²) in [6.45, 7) is 4.16. The van der Waals surface area contributed by atoms with Crippen molar-refractivity contribution in [3.8, 4) is 5.75 Å². The molecule has 20 heavy (non-hydrogen) atoms. The van der Waals surface area contributed by atoms with E-state index in [1.54, 1.807) is 0 Å². The van der Waals surface area contributed by atoms with Gasteiger partial charge in [-0.2, -0.15) is 0 Å². The second-order valence-corrected chi connectivity index (χ2v) is 4.91. The summed E-state index contributed by atoms with van der Waals surface area (Å²) in [6, 6.07) is 8.99. The van der Waals surface area contributed by atoms with E-state index in [2.05, 4.69) is 0 Å². The highest BCUT2D eigenvalue weighted by Gasteiger charge is 2.10. The maximum Gasteiger partial charge on any atom is 0.159 e. The summed E-state index contributed by atoms with van der Waals surface area (Å²) < 4.78 is 31.6. The molecule has 106 valence electrons. The van der Waals surface area contributed by atoms with E-state index < -0.39 is 17.7 Å². The standard InChI is InChI=1S/C16H17F2NO/c1-10-5-11(2)7-13(6-10)20-9-16(19)12-3-4-14(17)15(18)8-12/h3-8,16H,9,19H2,1-2H3. The molecule has 0 aliphatic heterocycles. The van der Waals surface area contributed by atoms with Crippen LogP contribution >= 0.6 is 0 Å². The number of hydrogen-bond acceptors (Lipinski definition) is 2. The molecule has 2 aromatic carbocycles. The Morgan fingerprint density at radius 2 is 1.65 bits per heavy atom. The highest BCUT2D eigenvalue weighted by Crippen LogP contribution is 2.19. The van der Waals surface area contributed by atoms with E-state index in [0.29, 0.717) is 5.56 Å². The van der Waals surface area contributed by atoms with E-state index >= 15 is 0 Å². The van der Waals surface area contributed by atoms with E-state index in [1.807, 2.05) is 32.0 Å². The zero-order valence-corrected chi connectivity index (χ0v) is 11.5. The fraction of sp³-hybridized carbons (Fsp3) is 0.250. The minimum Gasteiger partial charge on any atom is -0.492 e. The molecule has 2 N–H and O–H groups in total. The highest BCUT2D eigenvalue weighted by atomic mass is 19.2. The lowest BCUT2D eigenvalue weighted by Crippen LogP contribution is -2.19. The number of aryl methyl sites for hydroxylation is 2. The Labute approximate surface area is 117 Å². The Bertz CT molecular complexity index is 593. The number of nitrogens with two attached hydrogens (primary N) is 1. The quantitative estimate of drug-likeness (QED) is 0.925. The van der Waals surface area contributed by atoms with Crippen molar-refractivity contribution < 1.29 is 13.5 Å². The summed E-state index contributed by atoms with van der Waals surface area (Å²) >= 11 is 0. The number of rotatable bonds is 4. The van der Waals surface area contributed by atoms with Gasteiger partial charge in [-0.1, -0.05) is 12.1 Å². The van der Waals surface area contributed by atoms with E-state index in [4.69, 9.17) is 10.5 Å². The van der Waals surface area contributed by atoms with Crippen molar-refractivity contribution in [2.24, 2.45) is 5.73 Å². The zero-order chi connectivity index (χ0) is 14.7. The average molecular weight is 277 g/mol. The van der Waals surface area contributed by atoms with Crippen molar-refractivity contribution in [3.63, 3.8) is 0 Å². The van der Waals surface area contributed by atoms with Crippen LogP contribution < -0.4 is 10.5 Å². The van der Waals surface area contributed by atoms with Crippen LogP contribution in [0, 0.1) is 25.5 Å². The van der Waals surface area contributed by atoms with Crippen LogP contribution in [0.1, 0.15) is 22.7 Å². The Balaban J connectivity index is 2.04. The molecule has 4 heteroatoms. The molecule has 1 unspecified atom stereocenters. The smallest absolute Gasteiger partial charge is 0.159 e. The summed E-state index contributed by atoms with van der Waals surface area (Å²) in [5.74, 6) is -1.05. The second kappa shape index (κ2) is 6.01. The van der Waals surface area contributed by atoms with E-state index in [-0.39, 0.29) is 6.61 Å². The van der Waals surface area contributed by atoms with Gasteiger partial charge in [0, 0.05) is 0 Å². The predicted molar refractivity (Wildman–Crippen MR) is 74.7 cm³/mol. The monoisotopic (exact) mass is 277 g/mol. The molecular formula is C16H17F2NO. The molecule has 2 aromatic rings. The third kappa shape index (κ3) is 3.54. The minimum atomic E-state index is -0.899. The first-order valence-electron chi connectivity index (χ1n) is 6.37. The van der Waals surface area contributed by atoms with Crippen molar-refractivity contribution in [2.45, 2.75) is 19.9 Å². The van der Waals surface area contributed by atoms with Gasteiger partial charge in [0.2, 0.25) is 0 Å². The topological polar surface area (TPSA) is 35.2 Å². The molecular weight excluding hydrogens is 260 g/mol. The van der Waals surface area contributed by atoms with Crippen molar-refractivity contribution in [2.75, 3.05) is 6.61 Å².